The lowest BCUT2D eigenvalue weighted by atomic mass is 10.1. The van der Waals surface area contributed by atoms with Gasteiger partial charge in [-0.05, 0) is 24.6 Å². The SMILES string of the molecule is CC(Cl)c1nnc(Cc2cccc(Cl)c2)o1. The smallest absolute Gasteiger partial charge is 0.234 e. The van der Waals surface area contributed by atoms with Crippen molar-refractivity contribution in [1.29, 1.82) is 0 Å². The summed E-state index contributed by atoms with van der Waals surface area (Å²) in [5, 5.41) is 8.20. The number of benzene rings is 1. The second-order valence-corrected chi connectivity index (χ2v) is 4.55. The van der Waals surface area contributed by atoms with Crippen LogP contribution in [0.3, 0.4) is 0 Å². The Morgan fingerprint density at radius 2 is 2.19 bits per heavy atom. The minimum atomic E-state index is -0.263. The van der Waals surface area contributed by atoms with E-state index in [-0.39, 0.29) is 5.38 Å². The van der Waals surface area contributed by atoms with Gasteiger partial charge in [-0.25, -0.2) is 0 Å². The molecule has 0 aliphatic carbocycles. The first-order valence-corrected chi connectivity index (χ1v) is 5.67. The number of nitrogens with zero attached hydrogens (tertiary/aromatic N) is 2. The minimum absolute atomic E-state index is 0.263. The Morgan fingerprint density at radius 3 is 2.81 bits per heavy atom. The molecule has 0 amide bonds. The maximum Gasteiger partial charge on any atom is 0.234 e. The molecule has 84 valence electrons. The van der Waals surface area contributed by atoms with Gasteiger partial charge < -0.3 is 4.42 Å². The molecule has 0 N–H and O–H groups in total. The van der Waals surface area contributed by atoms with Gasteiger partial charge >= 0.3 is 0 Å². The molecule has 3 nitrogen and oxygen atoms in total. The van der Waals surface area contributed by atoms with Crippen LogP contribution >= 0.6 is 23.2 Å². The third kappa shape index (κ3) is 2.74. The Kier molecular flexibility index (Phi) is 3.46. The summed E-state index contributed by atoms with van der Waals surface area (Å²) >= 11 is 11.7. The monoisotopic (exact) mass is 256 g/mol. The molecule has 1 aromatic heterocycles. The lowest BCUT2D eigenvalue weighted by Gasteiger charge is -1.97. The first-order chi connectivity index (χ1) is 7.65. The highest BCUT2D eigenvalue weighted by molar-refractivity contribution is 6.30. The molecule has 1 heterocycles. The molecule has 1 aromatic carbocycles. The van der Waals surface area contributed by atoms with E-state index in [9.17, 15) is 0 Å². The van der Waals surface area contributed by atoms with E-state index in [4.69, 9.17) is 27.6 Å². The molecule has 1 atom stereocenters. The van der Waals surface area contributed by atoms with Crippen LogP contribution in [0.25, 0.3) is 0 Å². The third-order valence-corrected chi connectivity index (χ3v) is 2.49. The van der Waals surface area contributed by atoms with Crippen LogP contribution in [0.5, 0.6) is 0 Å². The van der Waals surface area contributed by atoms with E-state index in [2.05, 4.69) is 10.2 Å². The van der Waals surface area contributed by atoms with Gasteiger partial charge in [0.15, 0.2) is 0 Å². The fourth-order valence-electron chi connectivity index (χ4n) is 1.32. The van der Waals surface area contributed by atoms with Gasteiger partial charge in [-0.3, -0.25) is 0 Å². The summed E-state index contributed by atoms with van der Waals surface area (Å²) in [5.74, 6) is 0.989. The Hall–Kier alpha value is -1.06. The quantitative estimate of drug-likeness (QED) is 0.788. The van der Waals surface area contributed by atoms with Crippen molar-refractivity contribution in [3.8, 4) is 0 Å². The second-order valence-electron chi connectivity index (χ2n) is 3.46. The highest BCUT2D eigenvalue weighted by Crippen LogP contribution is 2.19. The molecule has 0 saturated heterocycles. The molecule has 2 rings (SSSR count). The van der Waals surface area contributed by atoms with E-state index in [1.54, 1.807) is 6.92 Å². The predicted octanol–water partition coefficient (Wildman–Crippen LogP) is 3.61. The average molecular weight is 257 g/mol. The van der Waals surface area contributed by atoms with E-state index in [0.717, 1.165) is 5.56 Å². The zero-order chi connectivity index (χ0) is 11.5. The highest BCUT2D eigenvalue weighted by atomic mass is 35.5. The maximum atomic E-state index is 5.88. The largest absolute Gasteiger partial charge is 0.423 e. The minimum Gasteiger partial charge on any atom is -0.423 e. The van der Waals surface area contributed by atoms with Crippen molar-refractivity contribution in [3.05, 3.63) is 46.6 Å². The Bertz CT molecular complexity index is 482. The molecule has 0 saturated carbocycles. The zero-order valence-corrected chi connectivity index (χ0v) is 10.2. The topological polar surface area (TPSA) is 38.9 Å². The number of alkyl halides is 1. The summed E-state index contributed by atoms with van der Waals surface area (Å²) in [6, 6.07) is 7.54. The van der Waals surface area contributed by atoms with Crippen LogP contribution in [0.1, 0.15) is 29.6 Å². The molecule has 0 aliphatic heterocycles. The van der Waals surface area contributed by atoms with Crippen LogP contribution in [0, 0.1) is 0 Å². The third-order valence-electron chi connectivity index (χ3n) is 2.07. The van der Waals surface area contributed by atoms with Gasteiger partial charge in [0.2, 0.25) is 11.8 Å². The van der Waals surface area contributed by atoms with Gasteiger partial charge in [-0.2, -0.15) is 0 Å². The van der Waals surface area contributed by atoms with E-state index < -0.39 is 0 Å². The van der Waals surface area contributed by atoms with Gasteiger partial charge in [-0.1, -0.05) is 23.7 Å². The molecule has 0 fully saturated rings. The maximum absolute atomic E-state index is 5.88. The molecular weight excluding hydrogens is 247 g/mol. The van der Waals surface area contributed by atoms with Crippen molar-refractivity contribution < 1.29 is 4.42 Å². The summed E-state index contributed by atoms with van der Waals surface area (Å²) in [5.41, 5.74) is 1.03. The van der Waals surface area contributed by atoms with Crippen molar-refractivity contribution in [2.75, 3.05) is 0 Å². The molecular formula is C11H10Cl2N2O. The molecule has 16 heavy (non-hydrogen) atoms. The van der Waals surface area contributed by atoms with Gasteiger partial charge in [0.1, 0.15) is 5.38 Å². The average Bonchev–Trinajstić information content (AvgIpc) is 2.66. The van der Waals surface area contributed by atoms with Crippen molar-refractivity contribution in [1.82, 2.24) is 10.2 Å². The van der Waals surface area contributed by atoms with Crippen LogP contribution in [0.4, 0.5) is 0 Å². The normalized spacial score (nSPS) is 12.7. The Balaban J connectivity index is 2.14. The molecule has 0 aliphatic rings. The zero-order valence-electron chi connectivity index (χ0n) is 8.65. The summed E-state index contributed by atoms with van der Waals surface area (Å²) in [7, 11) is 0. The van der Waals surface area contributed by atoms with E-state index >= 15 is 0 Å². The molecule has 0 bridgehead atoms. The number of rotatable bonds is 3. The fraction of sp³-hybridized carbons (Fsp3) is 0.273. The van der Waals surface area contributed by atoms with Crippen molar-refractivity contribution in [2.24, 2.45) is 0 Å². The summed E-state index contributed by atoms with van der Waals surface area (Å²) in [6.07, 6.45) is 0.567. The number of hydrogen-bond donors (Lipinski definition) is 0. The molecule has 0 spiro atoms. The fourth-order valence-corrected chi connectivity index (χ4v) is 1.62. The predicted molar refractivity (Wildman–Crippen MR) is 62.8 cm³/mol. The van der Waals surface area contributed by atoms with Gasteiger partial charge in [0.05, 0.1) is 6.42 Å². The van der Waals surface area contributed by atoms with E-state index in [1.807, 2.05) is 24.3 Å². The number of halogens is 2. The van der Waals surface area contributed by atoms with Crippen LogP contribution in [0.2, 0.25) is 5.02 Å². The van der Waals surface area contributed by atoms with Gasteiger partial charge in [0.25, 0.3) is 0 Å². The standard InChI is InChI=1S/C11H10Cl2N2O/c1-7(12)11-15-14-10(16-11)6-8-3-2-4-9(13)5-8/h2-5,7H,6H2,1H3. The lowest BCUT2D eigenvalue weighted by Crippen LogP contribution is -1.87. The van der Waals surface area contributed by atoms with Crippen LogP contribution in [0.15, 0.2) is 28.7 Å². The second kappa shape index (κ2) is 4.85. The van der Waals surface area contributed by atoms with Crippen molar-refractivity contribution >= 4 is 23.2 Å². The van der Waals surface area contributed by atoms with E-state index in [1.165, 1.54) is 0 Å². The molecule has 1 unspecified atom stereocenters. The Morgan fingerprint density at radius 1 is 1.38 bits per heavy atom. The summed E-state index contributed by atoms with van der Waals surface area (Å²) < 4.78 is 5.39. The van der Waals surface area contributed by atoms with Crippen molar-refractivity contribution in [2.45, 2.75) is 18.7 Å². The van der Waals surface area contributed by atoms with Crippen molar-refractivity contribution in [3.63, 3.8) is 0 Å². The summed E-state index contributed by atoms with van der Waals surface area (Å²) in [6.45, 7) is 1.79. The molecule has 0 radical (unpaired) electrons. The lowest BCUT2D eigenvalue weighted by molar-refractivity contribution is 0.458. The molecule has 5 heteroatoms. The highest BCUT2D eigenvalue weighted by Gasteiger charge is 2.11. The van der Waals surface area contributed by atoms with E-state index in [0.29, 0.717) is 23.2 Å². The first kappa shape index (κ1) is 11.4. The van der Waals surface area contributed by atoms with Crippen LogP contribution in [-0.4, -0.2) is 10.2 Å². The van der Waals surface area contributed by atoms with Gasteiger partial charge in [-0.15, -0.1) is 21.8 Å². The number of hydrogen-bond acceptors (Lipinski definition) is 3. The van der Waals surface area contributed by atoms with Crippen LogP contribution < -0.4 is 0 Å². The van der Waals surface area contributed by atoms with Crippen LogP contribution in [-0.2, 0) is 6.42 Å². The first-order valence-electron chi connectivity index (χ1n) is 4.86. The number of aromatic nitrogens is 2. The molecule has 2 aromatic rings. The Labute approximate surface area is 103 Å². The summed E-state index contributed by atoms with van der Waals surface area (Å²) in [4.78, 5) is 0. The van der Waals surface area contributed by atoms with Gasteiger partial charge in [0, 0.05) is 5.02 Å².